The van der Waals surface area contributed by atoms with E-state index in [1.165, 1.54) is 4.90 Å². The van der Waals surface area contributed by atoms with E-state index in [4.69, 9.17) is 15.6 Å². The molecule has 1 aliphatic heterocycles. The van der Waals surface area contributed by atoms with E-state index >= 15 is 0 Å². The molecule has 0 unspecified atom stereocenters. The first-order valence-corrected chi connectivity index (χ1v) is 7.26. The van der Waals surface area contributed by atoms with Crippen LogP contribution in [-0.4, -0.2) is 53.3 Å². The Hall–Kier alpha value is -2.61. The molecule has 4 N–H and O–H groups in total. The highest BCUT2D eigenvalue weighted by atomic mass is 16.7. The molecule has 1 heterocycles. The summed E-state index contributed by atoms with van der Waals surface area (Å²) in [6.07, 6.45) is -2.07. The summed E-state index contributed by atoms with van der Waals surface area (Å²) in [6, 6.07) is 8.26. The van der Waals surface area contributed by atoms with Gasteiger partial charge in [-0.2, -0.15) is 0 Å². The van der Waals surface area contributed by atoms with Crippen molar-refractivity contribution in [1.29, 1.82) is 0 Å². The van der Waals surface area contributed by atoms with Gasteiger partial charge in [0.25, 0.3) is 5.91 Å². The molecule has 0 aromatic heterocycles. The van der Waals surface area contributed by atoms with Crippen LogP contribution in [0.15, 0.2) is 30.3 Å². The van der Waals surface area contributed by atoms with Gasteiger partial charge < -0.3 is 25.8 Å². The van der Waals surface area contributed by atoms with Crippen molar-refractivity contribution >= 4 is 18.0 Å². The quantitative estimate of drug-likeness (QED) is 0.674. The third-order valence-corrected chi connectivity index (χ3v) is 3.54. The minimum atomic E-state index is -1.46. The smallest absolute Gasteiger partial charge is 0.450 e. The lowest BCUT2D eigenvalue weighted by molar-refractivity contribution is -0.138. The average Bonchev–Trinajstić information content (AvgIpc) is 2.90. The standard InChI is InChI=1S/C15H19N3O5/c16-7-6-12(19)18-9-11(8-13(18)23-15(21)22)17-14(20)10-4-2-1-3-5-10/h1-5,11,13H,6-9,16H2,(H,17,20)(H,21,22)/t11-,13+/m1/s1. The Morgan fingerprint density at radius 1 is 1.30 bits per heavy atom. The van der Waals surface area contributed by atoms with Crippen LogP contribution in [0.2, 0.25) is 0 Å². The highest BCUT2D eigenvalue weighted by molar-refractivity contribution is 5.94. The first-order chi connectivity index (χ1) is 11.0. The number of nitrogens with one attached hydrogen (secondary N) is 1. The summed E-state index contributed by atoms with van der Waals surface area (Å²) in [7, 11) is 0. The zero-order valence-corrected chi connectivity index (χ0v) is 12.5. The maximum Gasteiger partial charge on any atom is 0.507 e. The summed E-state index contributed by atoms with van der Waals surface area (Å²) < 4.78 is 4.74. The molecule has 8 heteroatoms. The van der Waals surface area contributed by atoms with Crippen LogP contribution < -0.4 is 11.1 Å². The van der Waals surface area contributed by atoms with E-state index in [9.17, 15) is 14.4 Å². The molecule has 1 aromatic carbocycles. The van der Waals surface area contributed by atoms with Crippen molar-refractivity contribution < 1.29 is 24.2 Å². The lowest BCUT2D eigenvalue weighted by Gasteiger charge is -2.22. The number of hydrogen-bond acceptors (Lipinski definition) is 5. The Bertz CT molecular complexity index is 578. The fourth-order valence-electron chi connectivity index (χ4n) is 2.52. The van der Waals surface area contributed by atoms with Crippen molar-refractivity contribution in [2.75, 3.05) is 13.1 Å². The van der Waals surface area contributed by atoms with E-state index in [2.05, 4.69) is 5.32 Å². The van der Waals surface area contributed by atoms with E-state index in [0.717, 1.165) is 0 Å². The van der Waals surface area contributed by atoms with Gasteiger partial charge in [-0.1, -0.05) is 18.2 Å². The van der Waals surface area contributed by atoms with E-state index < -0.39 is 12.4 Å². The Balaban J connectivity index is 2.02. The second-order valence-corrected chi connectivity index (χ2v) is 5.20. The number of ether oxygens (including phenoxy) is 1. The van der Waals surface area contributed by atoms with Crippen LogP contribution in [0.1, 0.15) is 23.2 Å². The van der Waals surface area contributed by atoms with Gasteiger partial charge in [-0.3, -0.25) is 9.59 Å². The fourth-order valence-corrected chi connectivity index (χ4v) is 2.52. The Labute approximate surface area is 133 Å². The minimum Gasteiger partial charge on any atom is -0.450 e. The van der Waals surface area contributed by atoms with Crippen molar-refractivity contribution in [3.8, 4) is 0 Å². The van der Waals surface area contributed by atoms with Gasteiger partial charge in [0.2, 0.25) is 5.91 Å². The number of benzene rings is 1. The fraction of sp³-hybridized carbons (Fsp3) is 0.400. The Morgan fingerprint density at radius 2 is 2.00 bits per heavy atom. The molecule has 1 aliphatic rings. The van der Waals surface area contributed by atoms with Crippen LogP contribution in [-0.2, 0) is 9.53 Å². The van der Waals surface area contributed by atoms with Gasteiger partial charge in [-0.15, -0.1) is 0 Å². The molecule has 2 rings (SSSR count). The van der Waals surface area contributed by atoms with Crippen LogP contribution in [0, 0.1) is 0 Å². The van der Waals surface area contributed by atoms with Gasteiger partial charge in [-0.05, 0) is 12.1 Å². The summed E-state index contributed by atoms with van der Waals surface area (Å²) in [6.45, 7) is 0.353. The lowest BCUT2D eigenvalue weighted by atomic mass is 10.2. The lowest BCUT2D eigenvalue weighted by Crippen LogP contribution is -2.40. The molecule has 2 amide bonds. The number of carbonyl (C=O) groups is 3. The predicted molar refractivity (Wildman–Crippen MR) is 80.6 cm³/mol. The van der Waals surface area contributed by atoms with E-state index in [1.54, 1.807) is 30.3 Å². The predicted octanol–water partition coefficient (Wildman–Crippen LogP) is 0.387. The molecule has 0 aliphatic carbocycles. The summed E-state index contributed by atoms with van der Waals surface area (Å²) in [5.74, 6) is -0.576. The maximum atomic E-state index is 12.1. The maximum absolute atomic E-state index is 12.1. The van der Waals surface area contributed by atoms with Gasteiger partial charge in [0.1, 0.15) is 0 Å². The van der Waals surface area contributed by atoms with Crippen molar-refractivity contribution in [1.82, 2.24) is 10.2 Å². The molecule has 0 spiro atoms. The Morgan fingerprint density at radius 3 is 2.61 bits per heavy atom. The van der Waals surface area contributed by atoms with Crippen LogP contribution in [0.3, 0.4) is 0 Å². The van der Waals surface area contributed by atoms with E-state index in [1.807, 2.05) is 0 Å². The van der Waals surface area contributed by atoms with Gasteiger partial charge in [0, 0.05) is 31.5 Å². The highest BCUT2D eigenvalue weighted by Gasteiger charge is 2.38. The van der Waals surface area contributed by atoms with Crippen LogP contribution in [0.4, 0.5) is 4.79 Å². The van der Waals surface area contributed by atoms with Crippen LogP contribution in [0.25, 0.3) is 0 Å². The SMILES string of the molecule is NCCC(=O)N1C[C@H](NC(=O)c2ccccc2)C[C@@H]1OC(=O)O. The van der Waals surface area contributed by atoms with Crippen molar-refractivity contribution in [3.05, 3.63) is 35.9 Å². The van der Waals surface area contributed by atoms with Crippen molar-refractivity contribution in [2.24, 2.45) is 5.73 Å². The normalized spacial score (nSPS) is 20.1. The molecule has 1 aromatic rings. The number of amides is 2. The molecule has 124 valence electrons. The van der Waals surface area contributed by atoms with Crippen LogP contribution in [0.5, 0.6) is 0 Å². The highest BCUT2D eigenvalue weighted by Crippen LogP contribution is 2.20. The molecule has 8 nitrogen and oxygen atoms in total. The largest absolute Gasteiger partial charge is 0.507 e. The molecular formula is C15H19N3O5. The number of rotatable bonds is 5. The minimum absolute atomic E-state index is 0.0961. The number of carbonyl (C=O) groups excluding carboxylic acids is 2. The zero-order chi connectivity index (χ0) is 16.8. The summed E-state index contributed by atoms with van der Waals surface area (Å²) in [5.41, 5.74) is 5.86. The molecule has 1 saturated heterocycles. The second kappa shape index (κ2) is 7.59. The number of hydrogen-bond donors (Lipinski definition) is 3. The molecule has 2 atom stereocenters. The average molecular weight is 321 g/mol. The van der Waals surface area contributed by atoms with Gasteiger partial charge in [-0.25, -0.2) is 4.79 Å². The summed E-state index contributed by atoms with van der Waals surface area (Å²) >= 11 is 0. The number of nitrogens with two attached hydrogens (primary N) is 1. The van der Waals surface area contributed by atoms with Crippen molar-refractivity contribution in [2.45, 2.75) is 25.1 Å². The van der Waals surface area contributed by atoms with E-state index in [-0.39, 0.29) is 43.8 Å². The first-order valence-electron chi connectivity index (χ1n) is 7.26. The number of likely N-dealkylation sites (tertiary alicyclic amines) is 1. The molecule has 23 heavy (non-hydrogen) atoms. The summed E-state index contributed by atoms with van der Waals surface area (Å²) in [4.78, 5) is 36.2. The molecule has 0 bridgehead atoms. The van der Waals surface area contributed by atoms with Gasteiger partial charge >= 0.3 is 6.16 Å². The summed E-state index contributed by atoms with van der Waals surface area (Å²) in [5, 5.41) is 11.6. The molecular weight excluding hydrogens is 302 g/mol. The van der Waals surface area contributed by atoms with Crippen LogP contribution >= 0.6 is 0 Å². The van der Waals surface area contributed by atoms with Crippen molar-refractivity contribution in [3.63, 3.8) is 0 Å². The second-order valence-electron chi connectivity index (χ2n) is 5.20. The first kappa shape index (κ1) is 16.8. The molecule has 0 radical (unpaired) electrons. The number of nitrogens with zero attached hydrogens (tertiary/aromatic N) is 1. The van der Waals surface area contributed by atoms with Gasteiger partial charge in [0.05, 0.1) is 6.04 Å². The number of carboxylic acid groups (broad SMARTS) is 1. The third-order valence-electron chi connectivity index (χ3n) is 3.54. The van der Waals surface area contributed by atoms with E-state index in [0.29, 0.717) is 5.56 Å². The Kier molecular flexibility index (Phi) is 5.53. The monoisotopic (exact) mass is 321 g/mol. The molecule has 1 fully saturated rings. The third kappa shape index (κ3) is 4.43. The molecule has 0 saturated carbocycles. The van der Waals surface area contributed by atoms with Gasteiger partial charge in [0.15, 0.2) is 6.23 Å². The zero-order valence-electron chi connectivity index (χ0n) is 12.5. The topological polar surface area (TPSA) is 122 Å².